The second kappa shape index (κ2) is 5.63. The average Bonchev–Trinajstić information content (AvgIpc) is 2.34. The number of carbonyl (C=O) groups excluding carboxylic acids is 1. The molecule has 2 amide bonds. The van der Waals surface area contributed by atoms with Crippen molar-refractivity contribution < 1.29 is 4.79 Å². The second-order valence-electron chi connectivity index (χ2n) is 4.16. The summed E-state index contributed by atoms with van der Waals surface area (Å²) >= 11 is 5.85. The molecule has 0 bridgehead atoms. The van der Waals surface area contributed by atoms with E-state index in [2.05, 4.69) is 10.6 Å². The normalized spacial score (nSPS) is 10.0. The van der Waals surface area contributed by atoms with Crippen LogP contribution in [0.2, 0.25) is 5.02 Å². The maximum absolute atomic E-state index is 11.9. The van der Waals surface area contributed by atoms with Crippen molar-refractivity contribution in [3.05, 3.63) is 53.1 Å². The minimum atomic E-state index is -0.337. The first-order valence-electron chi connectivity index (χ1n) is 5.74. The average molecular weight is 276 g/mol. The van der Waals surface area contributed by atoms with E-state index in [9.17, 15) is 4.79 Å². The number of nitrogen functional groups attached to an aromatic ring is 1. The maximum atomic E-state index is 11.9. The van der Waals surface area contributed by atoms with Gasteiger partial charge in [-0.1, -0.05) is 23.7 Å². The molecular formula is C14H14ClN3O. The molecule has 5 heteroatoms. The molecule has 4 nitrogen and oxygen atoms in total. The Kier molecular flexibility index (Phi) is 3.92. The van der Waals surface area contributed by atoms with Gasteiger partial charge in [0.15, 0.2) is 0 Å². The minimum absolute atomic E-state index is 0.337. The van der Waals surface area contributed by atoms with Gasteiger partial charge in [-0.15, -0.1) is 0 Å². The van der Waals surface area contributed by atoms with Crippen molar-refractivity contribution in [3.63, 3.8) is 0 Å². The van der Waals surface area contributed by atoms with E-state index in [1.807, 2.05) is 13.0 Å². The molecule has 0 radical (unpaired) electrons. The fourth-order valence-corrected chi connectivity index (χ4v) is 1.82. The van der Waals surface area contributed by atoms with Gasteiger partial charge in [-0.3, -0.25) is 0 Å². The van der Waals surface area contributed by atoms with Gasteiger partial charge in [-0.05, 0) is 42.8 Å². The van der Waals surface area contributed by atoms with Gasteiger partial charge < -0.3 is 16.4 Å². The summed E-state index contributed by atoms with van der Waals surface area (Å²) in [5.41, 5.74) is 8.54. The Morgan fingerprint density at radius 1 is 1.16 bits per heavy atom. The molecule has 2 aromatic rings. The lowest BCUT2D eigenvalue weighted by atomic mass is 10.2. The lowest BCUT2D eigenvalue weighted by Gasteiger charge is -2.10. The van der Waals surface area contributed by atoms with Crippen molar-refractivity contribution in [3.8, 4) is 0 Å². The van der Waals surface area contributed by atoms with Crippen molar-refractivity contribution >= 4 is 34.7 Å². The third-order valence-corrected chi connectivity index (χ3v) is 2.83. The summed E-state index contributed by atoms with van der Waals surface area (Å²) in [7, 11) is 0. The molecule has 0 saturated heterocycles. The summed E-state index contributed by atoms with van der Waals surface area (Å²) in [6.45, 7) is 1.90. The second-order valence-corrected chi connectivity index (χ2v) is 4.60. The Bertz CT molecular complexity index is 613. The molecule has 98 valence electrons. The zero-order chi connectivity index (χ0) is 13.8. The van der Waals surface area contributed by atoms with E-state index in [1.165, 1.54) is 0 Å². The fourth-order valence-electron chi connectivity index (χ4n) is 1.63. The van der Waals surface area contributed by atoms with Crippen molar-refractivity contribution in [2.24, 2.45) is 0 Å². The highest BCUT2D eigenvalue weighted by atomic mass is 35.5. The number of amides is 2. The predicted octanol–water partition coefficient (Wildman–Crippen LogP) is 3.87. The van der Waals surface area contributed by atoms with Gasteiger partial charge in [0, 0.05) is 22.1 Å². The molecule has 0 aliphatic heterocycles. The highest BCUT2D eigenvalue weighted by Gasteiger charge is 2.05. The molecule has 4 N–H and O–H groups in total. The standard InChI is InChI=1S/C14H14ClN3O/c1-9-5-6-11(16)8-13(9)18-14(19)17-12-4-2-3-10(15)7-12/h2-8H,16H2,1H3,(H2,17,18,19). The van der Waals surface area contributed by atoms with Crippen molar-refractivity contribution in [1.29, 1.82) is 0 Å². The van der Waals surface area contributed by atoms with E-state index in [-0.39, 0.29) is 6.03 Å². The lowest BCUT2D eigenvalue weighted by molar-refractivity contribution is 0.262. The molecule has 2 aromatic carbocycles. The number of benzene rings is 2. The van der Waals surface area contributed by atoms with Gasteiger partial charge in [0.2, 0.25) is 0 Å². The number of nitrogens with two attached hydrogens (primary N) is 1. The third kappa shape index (κ3) is 3.63. The smallest absolute Gasteiger partial charge is 0.323 e. The number of nitrogens with one attached hydrogen (secondary N) is 2. The van der Waals surface area contributed by atoms with Gasteiger partial charge in [0.1, 0.15) is 0 Å². The summed E-state index contributed by atoms with van der Waals surface area (Å²) in [5.74, 6) is 0. The van der Waals surface area contributed by atoms with Gasteiger partial charge >= 0.3 is 6.03 Å². The zero-order valence-corrected chi connectivity index (χ0v) is 11.2. The van der Waals surface area contributed by atoms with Crippen LogP contribution in [0.25, 0.3) is 0 Å². The molecule has 0 aliphatic rings. The Balaban J connectivity index is 2.07. The Morgan fingerprint density at radius 2 is 1.95 bits per heavy atom. The minimum Gasteiger partial charge on any atom is -0.399 e. The van der Waals surface area contributed by atoms with Crippen LogP contribution in [-0.4, -0.2) is 6.03 Å². The zero-order valence-electron chi connectivity index (χ0n) is 10.4. The van der Waals surface area contributed by atoms with Crippen molar-refractivity contribution in [1.82, 2.24) is 0 Å². The van der Waals surface area contributed by atoms with Crippen LogP contribution in [-0.2, 0) is 0 Å². The molecule has 0 fully saturated rings. The number of halogens is 1. The van der Waals surface area contributed by atoms with E-state index < -0.39 is 0 Å². The Labute approximate surface area is 116 Å². The van der Waals surface area contributed by atoms with Crippen molar-refractivity contribution in [2.45, 2.75) is 6.92 Å². The van der Waals surface area contributed by atoms with E-state index >= 15 is 0 Å². The number of anilines is 3. The van der Waals surface area contributed by atoms with Crippen LogP contribution in [0.5, 0.6) is 0 Å². The van der Waals surface area contributed by atoms with E-state index in [0.717, 1.165) is 5.56 Å². The van der Waals surface area contributed by atoms with Crippen LogP contribution in [0.3, 0.4) is 0 Å². The molecule has 0 heterocycles. The molecule has 0 aromatic heterocycles. The number of hydrogen-bond donors (Lipinski definition) is 3. The SMILES string of the molecule is Cc1ccc(N)cc1NC(=O)Nc1cccc(Cl)c1. The van der Waals surface area contributed by atoms with Crippen LogP contribution >= 0.6 is 11.6 Å². The fraction of sp³-hybridized carbons (Fsp3) is 0.0714. The topological polar surface area (TPSA) is 67.1 Å². The number of urea groups is 1. The van der Waals surface area contributed by atoms with E-state index in [4.69, 9.17) is 17.3 Å². The summed E-state index contributed by atoms with van der Waals surface area (Å²) in [6, 6.07) is 12.0. The van der Waals surface area contributed by atoms with Gasteiger partial charge in [-0.2, -0.15) is 0 Å². The van der Waals surface area contributed by atoms with Crippen LogP contribution in [0.15, 0.2) is 42.5 Å². The maximum Gasteiger partial charge on any atom is 0.323 e. The number of rotatable bonds is 2. The number of hydrogen-bond acceptors (Lipinski definition) is 2. The van der Waals surface area contributed by atoms with E-state index in [1.54, 1.807) is 36.4 Å². The Morgan fingerprint density at radius 3 is 2.68 bits per heavy atom. The van der Waals surface area contributed by atoms with Gasteiger partial charge in [-0.25, -0.2) is 4.79 Å². The monoisotopic (exact) mass is 275 g/mol. The van der Waals surface area contributed by atoms with Gasteiger partial charge in [0.05, 0.1) is 0 Å². The number of carbonyl (C=O) groups is 1. The van der Waals surface area contributed by atoms with Crippen LogP contribution in [0.1, 0.15) is 5.56 Å². The van der Waals surface area contributed by atoms with Crippen LogP contribution in [0, 0.1) is 6.92 Å². The summed E-state index contributed by atoms with van der Waals surface area (Å²) in [6.07, 6.45) is 0. The molecule has 19 heavy (non-hydrogen) atoms. The quantitative estimate of drug-likeness (QED) is 0.728. The van der Waals surface area contributed by atoms with Crippen molar-refractivity contribution in [2.75, 3.05) is 16.4 Å². The molecule has 0 aliphatic carbocycles. The number of aryl methyl sites for hydroxylation is 1. The predicted molar refractivity (Wildman–Crippen MR) is 79.7 cm³/mol. The van der Waals surface area contributed by atoms with Gasteiger partial charge in [0.25, 0.3) is 0 Å². The molecule has 0 atom stereocenters. The highest BCUT2D eigenvalue weighted by Crippen LogP contribution is 2.19. The first-order valence-corrected chi connectivity index (χ1v) is 6.12. The Hall–Kier alpha value is -2.20. The van der Waals surface area contributed by atoms with Crippen LogP contribution < -0.4 is 16.4 Å². The first-order chi connectivity index (χ1) is 9.04. The highest BCUT2D eigenvalue weighted by molar-refractivity contribution is 6.30. The molecule has 2 rings (SSSR count). The van der Waals surface area contributed by atoms with E-state index in [0.29, 0.717) is 22.1 Å². The van der Waals surface area contributed by atoms with Crippen LogP contribution in [0.4, 0.5) is 21.9 Å². The molecule has 0 unspecified atom stereocenters. The molecule has 0 spiro atoms. The largest absolute Gasteiger partial charge is 0.399 e. The summed E-state index contributed by atoms with van der Waals surface area (Å²) in [4.78, 5) is 11.9. The summed E-state index contributed by atoms with van der Waals surface area (Å²) in [5, 5.41) is 6.02. The molecular weight excluding hydrogens is 262 g/mol. The lowest BCUT2D eigenvalue weighted by Crippen LogP contribution is -2.20. The third-order valence-electron chi connectivity index (χ3n) is 2.59. The first kappa shape index (κ1) is 13.2. The summed E-state index contributed by atoms with van der Waals surface area (Å²) < 4.78 is 0. The molecule has 0 saturated carbocycles.